The number of carbonyl (C=O) groups excluding carboxylic acids is 1. The summed E-state index contributed by atoms with van der Waals surface area (Å²) in [5.74, 6) is 0.516. The highest BCUT2D eigenvalue weighted by molar-refractivity contribution is 5.84. The molecular weight excluding hydrogens is 359 g/mol. The van der Waals surface area contributed by atoms with Crippen LogP contribution in [0.4, 0.5) is 9.18 Å². The van der Waals surface area contributed by atoms with E-state index in [-0.39, 0.29) is 17.9 Å². The number of hydrogen-bond donors (Lipinski definition) is 0. The number of carbonyl (C=O) groups is 1. The first-order valence-corrected chi connectivity index (χ1v) is 9.80. The predicted octanol–water partition coefficient (Wildman–Crippen LogP) is 2.98. The Kier molecular flexibility index (Phi) is 4.19. The van der Waals surface area contributed by atoms with Gasteiger partial charge in [0, 0.05) is 55.8 Å². The Balaban J connectivity index is 1.55. The van der Waals surface area contributed by atoms with Crippen molar-refractivity contribution in [2.45, 2.75) is 25.3 Å². The van der Waals surface area contributed by atoms with Gasteiger partial charge in [0.15, 0.2) is 0 Å². The quantitative estimate of drug-likeness (QED) is 0.801. The standard InChI is InChI=1S/C21H23FN4O2/c1-28-17-12-18-19(13-17)26(23-20(18)14-2-4-15(22)5-3-14)21(27)25-11-10-24-8-6-16(25)7-9-24/h2-5,13,16H,6-12H2,1H3. The third-order valence-electron chi connectivity index (χ3n) is 6.13. The SMILES string of the molecule is COC1=Cc2c(c(-c3ccc(F)cc3)nn2C(=O)N2CCN3CCC2CC3)C1. The van der Waals surface area contributed by atoms with E-state index in [1.807, 2.05) is 11.0 Å². The summed E-state index contributed by atoms with van der Waals surface area (Å²) in [6.07, 6.45) is 4.51. The molecule has 3 saturated heterocycles. The van der Waals surface area contributed by atoms with Gasteiger partial charge in [0.25, 0.3) is 0 Å². The Bertz CT molecular complexity index is 942. The number of allylic oxidation sites excluding steroid dienone is 1. The Hall–Kier alpha value is -2.67. The molecule has 4 aliphatic rings. The molecule has 2 aromatic rings. The van der Waals surface area contributed by atoms with Gasteiger partial charge in [-0.25, -0.2) is 9.18 Å². The van der Waals surface area contributed by atoms with Crippen LogP contribution in [0.25, 0.3) is 17.3 Å². The van der Waals surface area contributed by atoms with Gasteiger partial charge in [-0.3, -0.25) is 0 Å². The fourth-order valence-corrected chi connectivity index (χ4v) is 4.54. The van der Waals surface area contributed by atoms with Crippen molar-refractivity contribution in [2.75, 3.05) is 33.3 Å². The molecule has 1 aromatic heterocycles. The molecule has 4 heterocycles. The van der Waals surface area contributed by atoms with Crippen LogP contribution in [0.5, 0.6) is 0 Å². The number of methoxy groups -OCH3 is 1. The van der Waals surface area contributed by atoms with Crippen molar-refractivity contribution in [2.24, 2.45) is 0 Å². The van der Waals surface area contributed by atoms with Crippen molar-refractivity contribution in [1.82, 2.24) is 19.6 Å². The molecule has 1 amide bonds. The molecule has 6 nitrogen and oxygen atoms in total. The average molecular weight is 382 g/mol. The van der Waals surface area contributed by atoms with Crippen LogP contribution in [0, 0.1) is 5.82 Å². The number of benzene rings is 1. The fraction of sp³-hybridized carbons (Fsp3) is 0.429. The maximum atomic E-state index is 13.5. The Labute approximate surface area is 163 Å². The molecule has 7 heteroatoms. The maximum Gasteiger partial charge on any atom is 0.345 e. The first-order valence-electron chi connectivity index (χ1n) is 9.80. The zero-order valence-electron chi connectivity index (χ0n) is 15.9. The van der Waals surface area contributed by atoms with E-state index in [0.29, 0.717) is 6.42 Å². The summed E-state index contributed by atoms with van der Waals surface area (Å²) >= 11 is 0. The first kappa shape index (κ1) is 17.4. The molecule has 1 aliphatic carbocycles. The number of rotatable bonds is 2. The smallest absolute Gasteiger partial charge is 0.345 e. The summed E-state index contributed by atoms with van der Waals surface area (Å²) in [4.78, 5) is 17.9. The minimum atomic E-state index is -0.290. The number of fused-ring (bicyclic) bond motifs is 5. The van der Waals surface area contributed by atoms with Crippen LogP contribution in [0.1, 0.15) is 24.1 Å². The molecule has 3 fully saturated rings. The normalized spacial score (nSPS) is 23.4. The second-order valence-electron chi connectivity index (χ2n) is 7.67. The van der Waals surface area contributed by atoms with Crippen LogP contribution in [0.2, 0.25) is 0 Å². The van der Waals surface area contributed by atoms with E-state index in [2.05, 4.69) is 10.00 Å². The molecule has 2 bridgehead atoms. The molecule has 0 N–H and O–H groups in total. The lowest BCUT2D eigenvalue weighted by Crippen LogP contribution is -2.44. The van der Waals surface area contributed by atoms with Crippen LogP contribution in [0.3, 0.4) is 0 Å². The van der Waals surface area contributed by atoms with Gasteiger partial charge in [-0.15, -0.1) is 0 Å². The van der Waals surface area contributed by atoms with Gasteiger partial charge < -0.3 is 14.5 Å². The van der Waals surface area contributed by atoms with Crippen molar-refractivity contribution in [3.05, 3.63) is 47.1 Å². The Morgan fingerprint density at radius 3 is 2.61 bits per heavy atom. The van der Waals surface area contributed by atoms with Gasteiger partial charge in [0.05, 0.1) is 18.5 Å². The van der Waals surface area contributed by atoms with Gasteiger partial charge in [-0.2, -0.15) is 9.78 Å². The van der Waals surface area contributed by atoms with Crippen LogP contribution in [-0.2, 0) is 11.2 Å². The molecule has 0 spiro atoms. The van der Waals surface area contributed by atoms with E-state index in [9.17, 15) is 9.18 Å². The number of amides is 1. The largest absolute Gasteiger partial charge is 0.501 e. The molecule has 6 rings (SSSR count). The molecule has 3 aliphatic heterocycles. The number of piperidine rings is 1. The van der Waals surface area contributed by atoms with Gasteiger partial charge in [-0.05, 0) is 37.1 Å². The van der Waals surface area contributed by atoms with Crippen molar-refractivity contribution in [3.63, 3.8) is 0 Å². The van der Waals surface area contributed by atoms with E-state index in [1.165, 1.54) is 16.8 Å². The summed E-state index contributed by atoms with van der Waals surface area (Å²) in [5, 5.41) is 4.68. The number of halogens is 1. The van der Waals surface area contributed by atoms with Crippen LogP contribution >= 0.6 is 0 Å². The number of hydrogen-bond acceptors (Lipinski definition) is 4. The van der Waals surface area contributed by atoms with Gasteiger partial charge >= 0.3 is 6.03 Å². The molecule has 28 heavy (non-hydrogen) atoms. The van der Waals surface area contributed by atoms with Crippen LogP contribution < -0.4 is 0 Å². The molecule has 0 radical (unpaired) electrons. The monoisotopic (exact) mass is 382 g/mol. The first-order chi connectivity index (χ1) is 13.6. The third-order valence-corrected chi connectivity index (χ3v) is 6.13. The number of aromatic nitrogens is 2. The van der Waals surface area contributed by atoms with E-state index in [4.69, 9.17) is 4.74 Å². The van der Waals surface area contributed by atoms with E-state index in [1.54, 1.807) is 19.2 Å². The summed E-state index contributed by atoms with van der Waals surface area (Å²) in [7, 11) is 1.64. The van der Waals surface area contributed by atoms with Crippen LogP contribution in [0.15, 0.2) is 30.0 Å². The minimum Gasteiger partial charge on any atom is -0.501 e. The second-order valence-corrected chi connectivity index (χ2v) is 7.67. The number of ether oxygens (including phenoxy) is 1. The lowest BCUT2D eigenvalue weighted by Gasteiger charge is -2.31. The Morgan fingerprint density at radius 2 is 1.89 bits per heavy atom. The molecule has 0 saturated carbocycles. The lowest BCUT2D eigenvalue weighted by molar-refractivity contribution is 0.169. The fourth-order valence-electron chi connectivity index (χ4n) is 4.54. The maximum absolute atomic E-state index is 13.5. The highest BCUT2D eigenvalue weighted by atomic mass is 19.1. The molecule has 1 aromatic carbocycles. The minimum absolute atomic E-state index is 0.0769. The van der Waals surface area contributed by atoms with E-state index >= 15 is 0 Å². The zero-order valence-corrected chi connectivity index (χ0v) is 15.9. The summed E-state index contributed by atoms with van der Waals surface area (Å²) in [6, 6.07) is 6.45. The summed E-state index contributed by atoms with van der Waals surface area (Å²) < 4.78 is 20.3. The third kappa shape index (κ3) is 2.81. The summed E-state index contributed by atoms with van der Waals surface area (Å²) in [5.41, 5.74) is 3.26. The molecule has 146 valence electrons. The predicted molar refractivity (Wildman–Crippen MR) is 103 cm³/mol. The number of nitrogens with zero attached hydrogens (tertiary/aromatic N) is 4. The molecule has 0 atom stereocenters. The van der Waals surface area contributed by atoms with Crippen molar-refractivity contribution in [3.8, 4) is 11.3 Å². The van der Waals surface area contributed by atoms with Gasteiger partial charge in [-0.1, -0.05) is 0 Å². The average Bonchev–Trinajstić information content (AvgIpc) is 3.14. The topological polar surface area (TPSA) is 50.6 Å². The lowest BCUT2D eigenvalue weighted by atomic mass is 10.1. The van der Waals surface area contributed by atoms with Gasteiger partial charge in [0.1, 0.15) is 11.6 Å². The zero-order chi connectivity index (χ0) is 19.3. The van der Waals surface area contributed by atoms with Crippen molar-refractivity contribution >= 4 is 12.1 Å². The van der Waals surface area contributed by atoms with E-state index < -0.39 is 0 Å². The molecular formula is C21H23FN4O2. The Morgan fingerprint density at radius 1 is 1.14 bits per heavy atom. The second kappa shape index (κ2) is 6.74. The van der Waals surface area contributed by atoms with Crippen molar-refractivity contribution < 1.29 is 13.9 Å². The highest BCUT2D eigenvalue weighted by Gasteiger charge is 2.35. The summed E-state index contributed by atoms with van der Waals surface area (Å²) in [6.45, 7) is 3.75. The van der Waals surface area contributed by atoms with Gasteiger partial charge in [0.2, 0.25) is 0 Å². The van der Waals surface area contributed by atoms with Crippen LogP contribution in [-0.4, -0.2) is 64.9 Å². The highest BCUT2D eigenvalue weighted by Crippen LogP contribution is 2.35. The molecule has 0 unspecified atom stereocenters. The van der Waals surface area contributed by atoms with E-state index in [0.717, 1.165) is 67.3 Å². The van der Waals surface area contributed by atoms with Crippen molar-refractivity contribution in [1.29, 1.82) is 0 Å².